The van der Waals surface area contributed by atoms with E-state index in [0.717, 1.165) is 22.3 Å². The van der Waals surface area contributed by atoms with E-state index in [0.29, 0.717) is 11.5 Å². The number of carbonyl (C=O) groups is 1. The molecule has 4 rings (SSSR count). The molecule has 0 amide bonds. The van der Waals surface area contributed by atoms with Gasteiger partial charge in [0.1, 0.15) is 11.5 Å². The Morgan fingerprint density at radius 3 is 1.93 bits per heavy atom. The van der Waals surface area contributed by atoms with Gasteiger partial charge in [0.2, 0.25) is 0 Å². The van der Waals surface area contributed by atoms with Crippen LogP contribution >= 0.6 is 0 Å². The van der Waals surface area contributed by atoms with E-state index in [4.69, 9.17) is 4.74 Å². The maximum absolute atomic E-state index is 12.2. The molecule has 1 aliphatic rings. The van der Waals surface area contributed by atoms with Crippen LogP contribution in [-0.4, -0.2) is 17.4 Å². The van der Waals surface area contributed by atoms with Crippen molar-refractivity contribution in [3.8, 4) is 0 Å². The summed E-state index contributed by atoms with van der Waals surface area (Å²) in [5.41, 5.74) is 4.69. The smallest absolute Gasteiger partial charge is 0.364 e. The van der Waals surface area contributed by atoms with E-state index >= 15 is 0 Å². The Hall–Kier alpha value is -3.79. The molecule has 0 atom stereocenters. The molecule has 1 aliphatic heterocycles. The van der Waals surface area contributed by atoms with Gasteiger partial charge in [0.15, 0.2) is 5.71 Å². The molecule has 136 valence electrons. The third-order valence-corrected chi connectivity index (χ3v) is 4.37. The summed E-state index contributed by atoms with van der Waals surface area (Å²) >= 11 is 0. The summed E-state index contributed by atoms with van der Waals surface area (Å²) in [6.07, 6.45) is 1.63. The Morgan fingerprint density at radius 2 is 1.36 bits per heavy atom. The van der Waals surface area contributed by atoms with Crippen molar-refractivity contribution in [2.24, 2.45) is 10.2 Å². The van der Waals surface area contributed by atoms with Gasteiger partial charge in [0, 0.05) is 22.8 Å². The molecule has 0 saturated heterocycles. The van der Waals surface area contributed by atoms with Crippen molar-refractivity contribution < 1.29 is 9.53 Å². The lowest BCUT2D eigenvalue weighted by atomic mass is 10.0. The monoisotopic (exact) mass is 366 g/mol. The van der Waals surface area contributed by atoms with Crippen LogP contribution in [-0.2, 0) is 9.53 Å². The van der Waals surface area contributed by atoms with E-state index in [1.807, 2.05) is 91.9 Å². The summed E-state index contributed by atoms with van der Waals surface area (Å²) < 4.78 is 5.37. The predicted molar refractivity (Wildman–Crippen MR) is 111 cm³/mol. The molecule has 0 aromatic heterocycles. The Morgan fingerprint density at radius 1 is 0.786 bits per heavy atom. The first-order valence-corrected chi connectivity index (χ1v) is 8.98. The third kappa shape index (κ3) is 3.81. The molecule has 0 bridgehead atoms. The number of aryl methyl sites for hydroxylation is 1. The molecule has 0 saturated carbocycles. The van der Waals surface area contributed by atoms with Crippen LogP contribution in [0.3, 0.4) is 0 Å². The Kier molecular flexibility index (Phi) is 4.93. The van der Waals surface area contributed by atoms with Gasteiger partial charge >= 0.3 is 5.97 Å². The zero-order valence-electron chi connectivity index (χ0n) is 15.4. The molecule has 0 radical (unpaired) electrons. The molecule has 4 nitrogen and oxygen atoms in total. The van der Waals surface area contributed by atoms with Gasteiger partial charge in [-0.05, 0) is 6.92 Å². The molecule has 0 unspecified atom stereocenters. The maximum Gasteiger partial charge on any atom is 0.364 e. The average Bonchev–Trinajstić information content (AvgIpc) is 3.11. The molecule has 0 aliphatic carbocycles. The summed E-state index contributed by atoms with van der Waals surface area (Å²) in [5, 5.41) is 8.60. The highest BCUT2D eigenvalue weighted by molar-refractivity contribution is 6.45. The van der Waals surface area contributed by atoms with Crippen LogP contribution in [0.5, 0.6) is 0 Å². The van der Waals surface area contributed by atoms with Crippen LogP contribution in [0.4, 0.5) is 0 Å². The zero-order chi connectivity index (χ0) is 19.3. The SMILES string of the molecule is Cc1ccc(C2=C/C(=N\N=C(c3ccccc3)c3ccccc3)C(=O)O2)cc1. The van der Waals surface area contributed by atoms with Gasteiger partial charge < -0.3 is 4.74 Å². The van der Waals surface area contributed by atoms with E-state index in [1.54, 1.807) is 6.08 Å². The van der Waals surface area contributed by atoms with Gasteiger partial charge in [-0.1, -0.05) is 90.5 Å². The van der Waals surface area contributed by atoms with Crippen LogP contribution in [0.15, 0.2) is 101 Å². The Bertz CT molecular complexity index is 1040. The molecule has 3 aromatic rings. The van der Waals surface area contributed by atoms with E-state index in [2.05, 4.69) is 10.2 Å². The van der Waals surface area contributed by atoms with Crippen molar-refractivity contribution in [2.45, 2.75) is 6.92 Å². The molecule has 1 heterocycles. The number of esters is 1. The Labute approximate surface area is 163 Å². The standard InChI is InChI=1S/C24H18N2O2/c1-17-12-14-18(15-13-17)22-16-21(24(27)28-22)25-26-23(19-8-4-2-5-9-19)20-10-6-3-7-11-20/h2-16H,1H3/b25-21+. The zero-order valence-corrected chi connectivity index (χ0v) is 15.4. The highest BCUT2D eigenvalue weighted by Crippen LogP contribution is 2.22. The minimum atomic E-state index is -0.500. The third-order valence-electron chi connectivity index (χ3n) is 4.37. The normalized spacial score (nSPS) is 14.5. The van der Waals surface area contributed by atoms with E-state index in [1.165, 1.54) is 0 Å². The van der Waals surface area contributed by atoms with Crippen molar-refractivity contribution in [2.75, 3.05) is 0 Å². The summed E-state index contributed by atoms with van der Waals surface area (Å²) in [6, 6.07) is 27.3. The van der Waals surface area contributed by atoms with Crippen LogP contribution in [0, 0.1) is 6.92 Å². The predicted octanol–water partition coefficient (Wildman–Crippen LogP) is 4.79. The van der Waals surface area contributed by atoms with Crippen LogP contribution in [0.2, 0.25) is 0 Å². The first-order chi connectivity index (χ1) is 13.7. The van der Waals surface area contributed by atoms with Crippen molar-refractivity contribution in [1.82, 2.24) is 0 Å². The van der Waals surface area contributed by atoms with E-state index < -0.39 is 5.97 Å². The van der Waals surface area contributed by atoms with Gasteiger partial charge in [-0.15, -0.1) is 10.2 Å². The second kappa shape index (κ2) is 7.84. The summed E-state index contributed by atoms with van der Waals surface area (Å²) in [4.78, 5) is 12.2. The summed E-state index contributed by atoms with van der Waals surface area (Å²) in [7, 11) is 0. The highest BCUT2D eigenvalue weighted by Gasteiger charge is 2.24. The summed E-state index contributed by atoms with van der Waals surface area (Å²) in [6.45, 7) is 2.01. The van der Waals surface area contributed by atoms with Crippen molar-refractivity contribution >= 4 is 23.2 Å². The quantitative estimate of drug-likeness (QED) is 0.379. The summed E-state index contributed by atoms with van der Waals surface area (Å²) in [5.74, 6) is -0.0141. The number of benzene rings is 3. The van der Waals surface area contributed by atoms with Crippen LogP contribution in [0.1, 0.15) is 22.3 Å². The van der Waals surface area contributed by atoms with E-state index in [9.17, 15) is 4.79 Å². The molecular weight excluding hydrogens is 348 g/mol. The molecule has 4 heteroatoms. The number of rotatable bonds is 4. The largest absolute Gasteiger partial charge is 0.421 e. The maximum atomic E-state index is 12.2. The average molecular weight is 366 g/mol. The molecule has 0 spiro atoms. The number of hydrogen-bond donors (Lipinski definition) is 0. The molecule has 0 N–H and O–H groups in total. The lowest BCUT2D eigenvalue weighted by Gasteiger charge is -2.05. The van der Waals surface area contributed by atoms with Gasteiger partial charge in [-0.3, -0.25) is 0 Å². The second-order valence-electron chi connectivity index (χ2n) is 6.43. The first kappa shape index (κ1) is 17.6. The highest BCUT2D eigenvalue weighted by atomic mass is 16.5. The fourth-order valence-electron chi connectivity index (χ4n) is 2.87. The van der Waals surface area contributed by atoms with Gasteiger partial charge in [0.25, 0.3) is 0 Å². The van der Waals surface area contributed by atoms with Gasteiger partial charge in [-0.25, -0.2) is 4.79 Å². The van der Waals surface area contributed by atoms with Gasteiger partial charge in [0.05, 0.1) is 0 Å². The van der Waals surface area contributed by atoms with Crippen LogP contribution < -0.4 is 0 Å². The number of ether oxygens (including phenoxy) is 1. The van der Waals surface area contributed by atoms with Crippen molar-refractivity contribution in [3.05, 3.63) is 113 Å². The van der Waals surface area contributed by atoms with Crippen LogP contribution in [0.25, 0.3) is 5.76 Å². The number of hydrogen-bond acceptors (Lipinski definition) is 4. The van der Waals surface area contributed by atoms with Gasteiger partial charge in [-0.2, -0.15) is 0 Å². The molecule has 0 fully saturated rings. The van der Waals surface area contributed by atoms with E-state index in [-0.39, 0.29) is 5.71 Å². The lowest BCUT2D eigenvalue weighted by Crippen LogP contribution is -2.08. The fraction of sp³-hybridized carbons (Fsp3) is 0.0417. The molecule has 3 aromatic carbocycles. The topological polar surface area (TPSA) is 51.0 Å². The second-order valence-corrected chi connectivity index (χ2v) is 6.43. The molecule has 28 heavy (non-hydrogen) atoms. The first-order valence-electron chi connectivity index (χ1n) is 8.98. The molecular formula is C24H18N2O2. The number of nitrogens with zero attached hydrogens (tertiary/aromatic N) is 2. The fourth-order valence-corrected chi connectivity index (χ4v) is 2.87. The lowest BCUT2D eigenvalue weighted by molar-refractivity contribution is -0.128. The Balaban J connectivity index is 1.72. The number of cyclic esters (lactones) is 1. The minimum absolute atomic E-state index is 0.180. The minimum Gasteiger partial charge on any atom is -0.421 e. The number of carbonyl (C=O) groups excluding carboxylic acids is 1. The van der Waals surface area contributed by atoms with Crippen molar-refractivity contribution in [1.29, 1.82) is 0 Å². The van der Waals surface area contributed by atoms with Crippen molar-refractivity contribution in [3.63, 3.8) is 0 Å².